The van der Waals surface area contributed by atoms with E-state index in [4.69, 9.17) is 5.11 Å². The Balaban J connectivity index is 0.00000128. The van der Waals surface area contributed by atoms with Gasteiger partial charge in [0.1, 0.15) is 0 Å². The molecule has 1 heterocycles. The summed E-state index contributed by atoms with van der Waals surface area (Å²) in [5.74, 6) is -0.949. The van der Waals surface area contributed by atoms with Crippen LogP contribution < -0.4 is 4.57 Å². The van der Waals surface area contributed by atoms with E-state index in [2.05, 4.69) is 0 Å². The number of carboxylic acid groups (broad SMARTS) is 1. The first-order valence-corrected chi connectivity index (χ1v) is 4.57. The monoisotopic (exact) mass is 304 g/mol. The Morgan fingerprint density at radius 2 is 1.82 bits per heavy atom. The zero-order valence-corrected chi connectivity index (χ0v) is 12.4. The van der Waals surface area contributed by atoms with E-state index < -0.39 is 5.97 Å². The number of para-hydroxylation sites is 1. The number of aliphatic carboxylic acids is 1. The van der Waals surface area contributed by atoms with Gasteiger partial charge < -0.3 is 12.5 Å². The number of rotatable bonds is 2. The van der Waals surface area contributed by atoms with Gasteiger partial charge in [-0.3, -0.25) is 0 Å². The third kappa shape index (κ3) is 4.02. The molecule has 4 heteroatoms. The third-order valence-electron chi connectivity index (χ3n) is 2.12. The van der Waals surface area contributed by atoms with Crippen LogP contribution in [0.3, 0.4) is 0 Å². The van der Waals surface area contributed by atoms with Gasteiger partial charge in [0, 0.05) is 50.2 Å². The van der Waals surface area contributed by atoms with Crippen molar-refractivity contribution in [3.8, 4) is 0 Å². The first kappa shape index (κ1) is 15.9. The van der Waals surface area contributed by atoms with Crippen LogP contribution in [0.25, 0.3) is 17.1 Å². The Labute approximate surface area is 126 Å². The fourth-order valence-electron chi connectivity index (χ4n) is 1.46. The van der Waals surface area contributed by atoms with E-state index in [1.165, 1.54) is 6.20 Å². The van der Waals surface area contributed by atoms with E-state index in [0.717, 1.165) is 17.0 Å². The Kier molecular flexibility index (Phi) is 6.85. The van der Waals surface area contributed by atoms with E-state index in [9.17, 15) is 4.79 Å². The molecule has 1 radical (unpaired) electrons. The molecule has 3 nitrogen and oxygen atoms in total. The van der Waals surface area contributed by atoms with Crippen molar-refractivity contribution < 1.29 is 47.2 Å². The van der Waals surface area contributed by atoms with E-state index in [1.54, 1.807) is 4.57 Å². The van der Waals surface area contributed by atoms with Gasteiger partial charge in [-0.2, -0.15) is 4.57 Å². The van der Waals surface area contributed by atoms with Gasteiger partial charge in [-0.05, 0) is 12.1 Å². The van der Waals surface area contributed by atoms with Crippen molar-refractivity contribution in [3.63, 3.8) is 0 Å². The molecule has 0 aliphatic carbocycles. The quantitative estimate of drug-likeness (QED) is 0.524. The summed E-state index contributed by atoms with van der Waals surface area (Å²) in [5, 5.41) is 9.63. The minimum absolute atomic E-state index is 0. The molecule has 0 saturated heterocycles. The SMILES string of the molecule is O=C(O)/C=C/[n+]1cccc2ccccc21.[CH3-].[Y]. The fourth-order valence-corrected chi connectivity index (χ4v) is 1.46. The summed E-state index contributed by atoms with van der Waals surface area (Å²) in [6.45, 7) is 0. The number of nitrogens with zero attached hydrogens (tertiary/aromatic N) is 1. The van der Waals surface area contributed by atoms with Crippen LogP contribution >= 0.6 is 0 Å². The maximum Gasteiger partial charge on any atom is 0.334 e. The van der Waals surface area contributed by atoms with Crippen LogP contribution in [0.15, 0.2) is 48.7 Å². The molecule has 1 aromatic heterocycles. The van der Waals surface area contributed by atoms with Crippen molar-refractivity contribution in [2.75, 3.05) is 0 Å². The Morgan fingerprint density at radius 1 is 1.18 bits per heavy atom. The molecule has 1 N–H and O–H groups in total. The number of carboxylic acids is 1. The molecule has 0 bridgehead atoms. The smallest absolute Gasteiger partial charge is 0.334 e. The standard InChI is InChI=1S/C12H9NO2.CH3.Y/c14-12(15)7-9-13-8-3-5-10-4-1-2-6-11(10)13;;/h1-9H;1H3;/q;-1;/p+1/b9-7+;;. The second-order valence-electron chi connectivity index (χ2n) is 3.13. The molecular weight excluding hydrogens is 291 g/mol. The van der Waals surface area contributed by atoms with Gasteiger partial charge in [-0.25, -0.2) is 4.79 Å². The van der Waals surface area contributed by atoms with Gasteiger partial charge in [0.05, 0.1) is 6.08 Å². The molecule has 0 aliphatic rings. The first-order valence-electron chi connectivity index (χ1n) is 4.57. The fraction of sp³-hybridized carbons (Fsp3) is 0. The number of benzene rings is 1. The van der Waals surface area contributed by atoms with E-state index in [1.807, 2.05) is 42.6 Å². The van der Waals surface area contributed by atoms with Crippen LogP contribution in [-0.4, -0.2) is 11.1 Å². The molecule has 2 aromatic rings. The summed E-state index contributed by atoms with van der Waals surface area (Å²) < 4.78 is 1.78. The van der Waals surface area contributed by atoms with E-state index in [-0.39, 0.29) is 40.1 Å². The van der Waals surface area contributed by atoms with Crippen LogP contribution in [0.4, 0.5) is 0 Å². The zero-order valence-electron chi connectivity index (χ0n) is 9.58. The molecule has 0 fully saturated rings. The summed E-state index contributed by atoms with van der Waals surface area (Å²) in [5.41, 5.74) is 0.984. The molecule has 17 heavy (non-hydrogen) atoms. The Hall–Kier alpha value is -1.06. The van der Waals surface area contributed by atoms with Gasteiger partial charge >= 0.3 is 5.97 Å². The van der Waals surface area contributed by atoms with Crippen LogP contribution in [0, 0.1) is 7.43 Å². The van der Waals surface area contributed by atoms with Crippen LogP contribution in [0.2, 0.25) is 0 Å². The van der Waals surface area contributed by atoms with Gasteiger partial charge in [-0.15, -0.1) is 0 Å². The predicted molar refractivity (Wildman–Crippen MR) is 63.5 cm³/mol. The molecule has 0 amide bonds. The average Bonchev–Trinajstić information content (AvgIpc) is 2.26. The van der Waals surface area contributed by atoms with Crippen molar-refractivity contribution in [1.82, 2.24) is 0 Å². The van der Waals surface area contributed by atoms with Crippen molar-refractivity contribution in [2.24, 2.45) is 0 Å². The Morgan fingerprint density at radius 3 is 2.53 bits per heavy atom. The maximum atomic E-state index is 10.4. The summed E-state index contributed by atoms with van der Waals surface area (Å²) in [4.78, 5) is 10.4. The van der Waals surface area contributed by atoms with Crippen molar-refractivity contribution >= 4 is 23.1 Å². The number of pyridine rings is 1. The topological polar surface area (TPSA) is 41.2 Å². The molecular formula is C13H13NO2Y. The second-order valence-corrected chi connectivity index (χ2v) is 3.13. The number of hydrogen-bond donors (Lipinski definition) is 1. The maximum absolute atomic E-state index is 10.4. The van der Waals surface area contributed by atoms with Crippen molar-refractivity contribution in [3.05, 3.63) is 56.1 Å². The second kappa shape index (κ2) is 7.30. The zero-order chi connectivity index (χ0) is 10.7. The molecule has 0 saturated carbocycles. The largest absolute Gasteiger partial charge is 0.478 e. The summed E-state index contributed by atoms with van der Waals surface area (Å²) >= 11 is 0. The molecule has 0 spiro atoms. The third-order valence-corrected chi connectivity index (χ3v) is 2.12. The number of fused-ring (bicyclic) bond motifs is 1. The van der Waals surface area contributed by atoms with E-state index in [0.29, 0.717) is 0 Å². The van der Waals surface area contributed by atoms with Gasteiger partial charge in [0.2, 0.25) is 5.52 Å². The normalized spacial score (nSPS) is 9.65. The van der Waals surface area contributed by atoms with Gasteiger partial charge in [0.25, 0.3) is 0 Å². The minimum atomic E-state index is -0.949. The molecule has 85 valence electrons. The van der Waals surface area contributed by atoms with E-state index >= 15 is 0 Å². The first-order chi connectivity index (χ1) is 7.27. The average molecular weight is 304 g/mol. The van der Waals surface area contributed by atoms with Crippen molar-refractivity contribution in [2.45, 2.75) is 0 Å². The predicted octanol–water partition coefficient (Wildman–Crippen LogP) is 2.13. The molecule has 0 aliphatic heterocycles. The van der Waals surface area contributed by atoms with Crippen LogP contribution in [-0.2, 0) is 37.5 Å². The van der Waals surface area contributed by atoms with Gasteiger partial charge in [-0.1, -0.05) is 12.1 Å². The Bertz CT molecular complexity index is 532. The summed E-state index contributed by atoms with van der Waals surface area (Å²) in [6, 6.07) is 11.7. The van der Waals surface area contributed by atoms with Crippen molar-refractivity contribution in [1.29, 1.82) is 0 Å². The van der Waals surface area contributed by atoms with Crippen LogP contribution in [0.1, 0.15) is 0 Å². The summed E-state index contributed by atoms with van der Waals surface area (Å²) in [7, 11) is 0. The van der Waals surface area contributed by atoms with Gasteiger partial charge in [0.15, 0.2) is 12.4 Å². The molecule has 0 atom stereocenters. The minimum Gasteiger partial charge on any atom is -0.478 e. The van der Waals surface area contributed by atoms with Crippen LogP contribution in [0.5, 0.6) is 0 Å². The molecule has 2 rings (SSSR count). The number of hydrogen-bond acceptors (Lipinski definition) is 1. The summed E-state index contributed by atoms with van der Waals surface area (Å²) in [6.07, 6.45) is 4.47. The molecule has 0 unspecified atom stereocenters. The number of aromatic nitrogens is 1. The number of carbonyl (C=O) groups is 1. The molecule has 1 aromatic carbocycles.